The predicted molar refractivity (Wildman–Crippen MR) is 112 cm³/mol. The first-order valence-corrected chi connectivity index (χ1v) is 9.51. The maximum atomic E-state index is 12.0. The molecule has 0 saturated heterocycles. The molecular formula is C21H24ClN3O4. The number of benzene rings is 2. The van der Waals surface area contributed by atoms with E-state index in [1.54, 1.807) is 44.2 Å². The van der Waals surface area contributed by atoms with Crippen molar-refractivity contribution >= 4 is 35.0 Å². The van der Waals surface area contributed by atoms with E-state index in [-0.39, 0.29) is 18.7 Å². The zero-order valence-corrected chi connectivity index (χ0v) is 17.3. The molecule has 0 radical (unpaired) electrons. The van der Waals surface area contributed by atoms with Gasteiger partial charge in [0.2, 0.25) is 11.8 Å². The maximum absolute atomic E-state index is 12.0. The minimum atomic E-state index is -0.799. The summed E-state index contributed by atoms with van der Waals surface area (Å²) in [6.45, 7) is 5.31. The Balaban J connectivity index is 1.71. The van der Waals surface area contributed by atoms with Crippen LogP contribution in [0.3, 0.4) is 0 Å². The van der Waals surface area contributed by atoms with Crippen LogP contribution < -0.4 is 20.9 Å². The lowest BCUT2D eigenvalue weighted by Gasteiger charge is -2.15. The molecule has 1 atom stereocenters. The molecular weight excluding hydrogens is 394 g/mol. The number of hydrogen-bond acceptors (Lipinski definition) is 4. The number of carbonyl (C=O) groups excluding carboxylic acids is 3. The van der Waals surface area contributed by atoms with Gasteiger partial charge in [0.05, 0.1) is 0 Å². The molecule has 154 valence electrons. The Labute approximate surface area is 174 Å². The quantitative estimate of drug-likeness (QED) is 0.602. The molecule has 0 bridgehead atoms. The lowest BCUT2D eigenvalue weighted by Crippen LogP contribution is -2.47. The third-order valence-electron chi connectivity index (χ3n) is 4.15. The second-order valence-corrected chi connectivity index (χ2v) is 6.98. The summed E-state index contributed by atoms with van der Waals surface area (Å²) in [4.78, 5) is 35.9. The number of anilines is 1. The third-order valence-corrected chi connectivity index (χ3v) is 4.56. The fraction of sp³-hybridized carbons (Fsp3) is 0.286. The van der Waals surface area contributed by atoms with E-state index in [9.17, 15) is 14.4 Å². The molecule has 7 nitrogen and oxygen atoms in total. The van der Waals surface area contributed by atoms with Crippen molar-refractivity contribution in [2.24, 2.45) is 0 Å². The van der Waals surface area contributed by atoms with E-state index < -0.39 is 17.9 Å². The van der Waals surface area contributed by atoms with Crippen molar-refractivity contribution in [1.29, 1.82) is 0 Å². The summed E-state index contributed by atoms with van der Waals surface area (Å²) in [7, 11) is 0. The summed E-state index contributed by atoms with van der Waals surface area (Å²) in [5, 5.41) is 3.26. The van der Waals surface area contributed by atoms with Gasteiger partial charge in [-0.15, -0.1) is 0 Å². The standard InChI is InChI=1S/C21H24ClN3O4/c1-13-7-9-16(10-8-13)29-15(3)21(28)25-24-20(27)12-11-19(26)23-18-6-4-5-17(22)14(18)2/h4-10,15H,11-12H2,1-3H3,(H,23,26)(H,24,27)(H,25,28)/t15-/m0/s1. The smallest absolute Gasteiger partial charge is 0.279 e. The van der Waals surface area contributed by atoms with Gasteiger partial charge in [-0.3, -0.25) is 25.2 Å². The number of ether oxygens (including phenoxy) is 1. The molecule has 0 spiro atoms. The molecule has 2 rings (SSSR count). The molecule has 0 aliphatic carbocycles. The summed E-state index contributed by atoms with van der Waals surface area (Å²) in [6.07, 6.45) is -0.922. The summed E-state index contributed by atoms with van der Waals surface area (Å²) >= 11 is 6.01. The molecule has 3 N–H and O–H groups in total. The van der Waals surface area contributed by atoms with Crippen LogP contribution in [0, 0.1) is 13.8 Å². The van der Waals surface area contributed by atoms with Crippen LogP contribution in [0.1, 0.15) is 30.9 Å². The number of hydrogen-bond donors (Lipinski definition) is 3. The Morgan fingerprint density at radius 1 is 0.966 bits per heavy atom. The number of carbonyl (C=O) groups is 3. The highest BCUT2D eigenvalue weighted by atomic mass is 35.5. The average molecular weight is 418 g/mol. The van der Waals surface area contributed by atoms with E-state index in [0.29, 0.717) is 16.5 Å². The molecule has 0 aromatic heterocycles. The first kappa shape index (κ1) is 22.2. The number of halogens is 1. The van der Waals surface area contributed by atoms with E-state index in [4.69, 9.17) is 16.3 Å². The Morgan fingerprint density at radius 2 is 1.62 bits per heavy atom. The zero-order valence-electron chi connectivity index (χ0n) is 16.5. The summed E-state index contributed by atoms with van der Waals surface area (Å²) < 4.78 is 5.51. The number of nitrogens with one attached hydrogen (secondary N) is 3. The maximum Gasteiger partial charge on any atom is 0.279 e. The van der Waals surface area contributed by atoms with Crippen molar-refractivity contribution in [3.8, 4) is 5.75 Å². The lowest BCUT2D eigenvalue weighted by molar-refractivity contribution is -0.133. The first-order valence-electron chi connectivity index (χ1n) is 9.13. The molecule has 3 amide bonds. The molecule has 29 heavy (non-hydrogen) atoms. The van der Waals surface area contributed by atoms with Crippen LogP contribution in [0.2, 0.25) is 5.02 Å². The molecule has 2 aromatic carbocycles. The Bertz CT molecular complexity index is 884. The van der Waals surface area contributed by atoms with Crippen molar-refractivity contribution in [2.75, 3.05) is 5.32 Å². The predicted octanol–water partition coefficient (Wildman–Crippen LogP) is 3.29. The van der Waals surface area contributed by atoms with Gasteiger partial charge in [-0.1, -0.05) is 35.4 Å². The first-order chi connectivity index (χ1) is 13.8. The monoisotopic (exact) mass is 417 g/mol. The number of hydrazine groups is 1. The van der Waals surface area contributed by atoms with Crippen molar-refractivity contribution in [3.05, 3.63) is 58.6 Å². The summed E-state index contributed by atoms with van der Waals surface area (Å²) in [5.74, 6) is -0.762. The van der Waals surface area contributed by atoms with Crippen LogP contribution >= 0.6 is 11.6 Å². The Kier molecular flexibility index (Phi) is 8.03. The number of amides is 3. The summed E-state index contributed by atoms with van der Waals surface area (Å²) in [5.41, 5.74) is 7.00. The molecule has 0 unspecified atom stereocenters. The average Bonchev–Trinajstić information content (AvgIpc) is 2.69. The summed E-state index contributed by atoms with van der Waals surface area (Å²) in [6, 6.07) is 12.5. The van der Waals surface area contributed by atoms with Gasteiger partial charge >= 0.3 is 0 Å². The Hall–Kier alpha value is -3.06. The van der Waals surface area contributed by atoms with Crippen LogP contribution in [0.4, 0.5) is 5.69 Å². The fourth-order valence-corrected chi connectivity index (χ4v) is 2.53. The lowest BCUT2D eigenvalue weighted by atomic mass is 10.2. The fourth-order valence-electron chi connectivity index (χ4n) is 2.35. The minimum absolute atomic E-state index is 0.0386. The van der Waals surface area contributed by atoms with Gasteiger partial charge in [-0.25, -0.2) is 0 Å². The molecule has 0 aliphatic heterocycles. The topological polar surface area (TPSA) is 96.5 Å². The van der Waals surface area contributed by atoms with E-state index in [0.717, 1.165) is 11.1 Å². The van der Waals surface area contributed by atoms with Gasteiger partial charge in [-0.05, 0) is 50.6 Å². The molecule has 8 heteroatoms. The normalized spacial score (nSPS) is 11.3. The van der Waals surface area contributed by atoms with Crippen molar-refractivity contribution in [3.63, 3.8) is 0 Å². The van der Waals surface area contributed by atoms with Crippen molar-refractivity contribution in [1.82, 2.24) is 10.9 Å². The Morgan fingerprint density at radius 3 is 2.31 bits per heavy atom. The van der Waals surface area contributed by atoms with Gasteiger partial charge in [0.25, 0.3) is 5.91 Å². The van der Waals surface area contributed by atoms with Crippen molar-refractivity contribution < 1.29 is 19.1 Å². The molecule has 2 aromatic rings. The van der Waals surface area contributed by atoms with Crippen LogP contribution in [-0.4, -0.2) is 23.8 Å². The van der Waals surface area contributed by atoms with Crippen molar-refractivity contribution in [2.45, 2.75) is 39.7 Å². The molecule has 0 aliphatic rings. The third kappa shape index (κ3) is 7.12. The van der Waals surface area contributed by atoms with Crippen LogP contribution in [0.25, 0.3) is 0 Å². The molecule has 0 saturated carbocycles. The highest BCUT2D eigenvalue weighted by Crippen LogP contribution is 2.23. The molecule has 0 fully saturated rings. The minimum Gasteiger partial charge on any atom is -0.481 e. The van der Waals surface area contributed by atoms with E-state index in [1.165, 1.54) is 0 Å². The second-order valence-electron chi connectivity index (χ2n) is 6.57. The van der Waals surface area contributed by atoms with Gasteiger partial charge < -0.3 is 10.1 Å². The van der Waals surface area contributed by atoms with E-state index >= 15 is 0 Å². The van der Waals surface area contributed by atoms with E-state index in [1.807, 2.05) is 19.1 Å². The molecule has 0 heterocycles. The highest BCUT2D eigenvalue weighted by molar-refractivity contribution is 6.31. The number of rotatable bonds is 7. The van der Waals surface area contributed by atoms with Crippen LogP contribution in [0.5, 0.6) is 5.75 Å². The largest absolute Gasteiger partial charge is 0.481 e. The number of aryl methyl sites for hydroxylation is 1. The van der Waals surface area contributed by atoms with Gasteiger partial charge in [-0.2, -0.15) is 0 Å². The zero-order chi connectivity index (χ0) is 21.4. The van der Waals surface area contributed by atoms with Gasteiger partial charge in [0, 0.05) is 23.6 Å². The van der Waals surface area contributed by atoms with E-state index in [2.05, 4.69) is 16.2 Å². The van der Waals surface area contributed by atoms with Gasteiger partial charge in [0.1, 0.15) is 5.75 Å². The van der Waals surface area contributed by atoms with Crippen LogP contribution in [-0.2, 0) is 14.4 Å². The highest BCUT2D eigenvalue weighted by Gasteiger charge is 2.16. The SMILES string of the molecule is Cc1ccc(O[C@@H](C)C(=O)NNC(=O)CCC(=O)Nc2cccc(Cl)c2C)cc1. The van der Waals surface area contributed by atoms with Gasteiger partial charge in [0.15, 0.2) is 6.10 Å². The van der Waals surface area contributed by atoms with Crippen LogP contribution in [0.15, 0.2) is 42.5 Å². The second kappa shape index (κ2) is 10.5.